The van der Waals surface area contributed by atoms with E-state index in [0.29, 0.717) is 30.3 Å². The van der Waals surface area contributed by atoms with E-state index >= 15 is 0 Å². The lowest BCUT2D eigenvalue weighted by molar-refractivity contribution is -0.150. The van der Waals surface area contributed by atoms with Crippen LogP contribution in [0.25, 0.3) is 0 Å². The van der Waals surface area contributed by atoms with Gasteiger partial charge in [0.05, 0.1) is 12.5 Å². The van der Waals surface area contributed by atoms with Gasteiger partial charge in [0.15, 0.2) is 0 Å². The Kier molecular flexibility index (Phi) is 5.38. The first-order chi connectivity index (χ1) is 9.60. The summed E-state index contributed by atoms with van der Waals surface area (Å²) in [6.07, 6.45) is 1.76. The molecule has 1 fully saturated rings. The van der Waals surface area contributed by atoms with E-state index < -0.39 is 0 Å². The summed E-state index contributed by atoms with van der Waals surface area (Å²) in [4.78, 5) is 13.9. The smallest absolute Gasteiger partial charge is 0.310 e. The Morgan fingerprint density at radius 2 is 2.35 bits per heavy atom. The number of carbonyl (C=O) groups is 1. The molecule has 1 aliphatic rings. The van der Waals surface area contributed by atoms with Gasteiger partial charge in [0.2, 0.25) is 0 Å². The molecule has 0 bridgehead atoms. The summed E-state index contributed by atoms with van der Waals surface area (Å²) < 4.78 is 18.8. The van der Waals surface area contributed by atoms with E-state index in [2.05, 4.69) is 4.90 Å². The zero-order chi connectivity index (χ0) is 14.5. The predicted octanol–water partition coefficient (Wildman–Crippen LogP) is 3.25. The number of nitrogens with zero attached hydrogens (tertiary/aromatic N) is 1. The summed E-state index contributed by atoms with van der Waals surface area (Å²) in [5.41, 5.74) is 0.571. The molecule has 0 amide bonds. The molecular formula is C15H19ClFNO2. The molecule has 5 heteroatoms. The average molecular weight is 300 g/mol. The van der Waals surface area contributed by atoms with Gasteiger partial charge in [-0.1, -0.05) is 11.6 Å². The highest BCUT2D eigenvalue weighted by Gasteiger charge is 2.27. The summed E-state index contributed by atoms with van der Waals surface area (Å²) in [6.45, 7) is 4.16. The molecule has 1 atom stereocenters. The first-order valence-electron chi connectivity index (χ1n) is 6.93. The Balaban J connectivity index is 1.99. The van der Waals surface area contributed by atoms with Gasteiger partial charge in [-0.15, -0.1) is 0 Å². The van der Waals surface area contributed by atoms with E-state index in [1.54, 1.807) is 13.0 Å². The van der Waals surface area contributed by atoms with Gasteiger partial charge in [0, 0.05) is 23.7 Å². The molecule has 1 saturated heterocycles. The third kappa shape index (κ3) is 3.93. The second-order valence-corrected chi connectivity index (χ2v) is 5.50. The van der Waals surface area contributed by atoms with Crippen molar-refractivity contribution >= 4 is 17.6 Å². The van der Waals surface area contributed by atoms with Gasteiger partial charge in [-0.3, -0.25) is 9.69 Å². The Labute approximate surface area is 123 Å². The van der Waals surface area contributed by atoms with E-state index in [1.807, 2.05) is 0 Å². The van der Waals surface area contributed by atoms with Crippen LogP contribution in [0.5, 0.6) is 0 Å². The SMILES string of the molecule is CCOC(=O)C1CCCN(Cc2cc(Cl)ccc2F)C1. The van der Waals surface area contributed by atoms with Gasteiger partial charge in [0.25, 0.3) is 0 Å². The van der Waals surface area contributed by atoms with Crippen LogP contribution in [0.1, 0.15) is 25.3 Å². The number of hydrogen-bond donors (Lipinski definition) is 0. The standard InChI is InChI=1S/C15H19ClFNO2/c1-2-20-15(19)11-4-3-7-18(9-11)10-12-8-13(16)5-6-14(12)17/h5-6,8,11H,2-4,7,9-10H2,1H3. The molecule has 0 N–H and O–H groups in total. The molecule has 1 aliphatic heterocycles. The first-order valence-corrected chi connectivity index (χ1v) is 7.31. The van der Waals surface area contributed by atoms with Crippen molar-refractivity contribution < 1.29 is 13.9 Å². The van der Waals surface area contributed by atoms with Gasteiger partial charge in [-0.2, -0.15) is 0 Å². The van der Waals surface area contributed by atoms with Crippen LogP contribution in [0.4, 0.5) is 4.39 Å². The number of rotatable bonds is 4. The fraction of sp³-hybridized carbons (Fsp3) is 0.533. The van der Waals surface area contributed by atoms with Crippen LogP contribution in [0.15, 0.2) is 18.2 Å². The highest BCUT2D eigenvalue weighted by molar-refractivity contribution is 6.30. The van der Waals surface area contributed by atoms with Gasteiger partial charge >= 0.3 is 5.97 Å². The van der Waals surface area contributed by atoms with Crippen molar-refractivity contribution in [2.45, 2.75) is 26.3 Å². The fourth-order valence-electron chi connectivity index (χ4n) is 2.56. The van der Waals surface area contributed by atoms with E-state index in [1.165, 1.54) is 12.1 Å². The number of carbonyl (C=O) groups excluding carboxylic acids is 1. The van der Waals surface area contributed by atoms with Gasteiger partial charge in [0.1, 0.15) is 5.82 Å². The topological polar surface area (TPSA) is 29.5 Å². The molecule has 2 rings (SSSR count). The van der Waals surface area contributed by atoms with Crippen LogP contribution in [-0.2, 0) is 16.1 Å². The zero-order valence-electron chi connectivity index (χ0n) is 11.6. The van der Waals surface area contributed by atoms with Gasteiger partial charge in [-0.25, -0.2) is 4.39 Å². The molecule has 0 aliphatic carbocycles. The quantitative estimate of drug-likeness (QED) is 0.799. The Morgan fingerprint density at radius 1 is 1.55 bits per heavy atom. The van der Waals surface area contributed by atoms with Crippen LogP contribution in [-0.4, -0.2) is 30.6 Å². The van der Waals surface area contributed by atoms with Crippen molar-refractivity contribution in [1.82, 2.24) is 4.90 Å². The van der Waals surface area contributed by atoms with Crippen LogP contribution >= 0.6 is 11.6 Å². The van der Waals surface area contributed by atoms with Crippen LogP contribution < -0.4 is 0 Å². The fourth-order valence-corrected chi connectivity index (χ4v) is 2.75. The van der Waals surface area contributed by atoms with Crippen molar-refractivity contribution in [3.05, 3.63) is 34.6 Å². The largest absolute Gasteiger partial charge is 0.466 e. The van der Waals surface area contributed by atoms with Crippen molar-refractivity contribution in [2.24, 2.45) is 5.92 Å². The van der Waals surface area contributed by atoms with E-state index in [9.17, 15) is 9.18 Å². The lowest BCUT2D eigenvalue weighted by atomic mass is 9.97. The molecular weight excluding hydrogens is 281 g/mol. The van der Waals surface area contributed by atoms with Crippen LogP contribution in [0, 0.1) is 11.7 Å². The lowest BCUT2D eigenvalue weighted by Gasteiger charge is -2.31. The number of esters is 1. The predicted molar refractivity (Wildman–Crippen MR) is 76.0 cm³/mol. The monoisotopic (exact) mass is 299 g/mol. The maximum atomic E-state index is 13.7. The number of halogens is 2. The van der Waals surface area contributed by atoms with Crippen molar-refractivity contribution in [2.75, 3.05) is 19.7 Å². The second kappa shape index (κ2) is 7.04. The Morgan fingerprint density at radius 3 is 3.10 bits per heavy atom. The van der Waals surface area contributed by atoms with Gasteiger partial charge < -0.3 is 4.74 Å². The molecule has 0 saturated carbocycles. The molecule has 0 aromatic heterocycles. The van der Waals surface area contributed by atoms with Crippen molar-refractivity contribution in [3.63, 3.8) is 0 Å². The maximum Gasteiger partial charge on any atom is 0.310 e. The summed E-state index contributed by atoms with van der Waals surface area (Å²) in [5, 5.41) is 0.528. The lowest BCUT2D eigenvalue weighted by Crippen LogP contribution is -2.39. The normalized spacial score (nSPS) is 19.9. The summed E-state index contributed by atoms with van der Waals surface area (Å²) in [6, 6.07) is 4.56. The average Bonchev–Trinajstić information content (AvgIpc) is 2.43. The molecule has 3 nitrogen and oxygen atoms in total. The molecule has 1 aromatic rings. The summed E-state index contributed by atoms with van der Waals surface area (Å²) >= 11 is 5.90. The van der Waals surface area contributed by atoms with Crippen LogP contribution in [0.3, 0.4) is 0 Å². The molecule has 110 valence electrons. The number of benzene rings is 1. The van der Waals surface area contributed by atoms with Crippen molar-refractivity contribution in [3.8, 4) is 0 Å². The van der Waals surface area contributed by atoms with Crippen LogP contribution in [0.2, 0.25) is 5.02 Å². The molecule has 1 unspecified atom stereocenters. The molecule has 0 spiro atoms. The Hall–Kier alpha value is -1.13. The minimum atomic E-state index is -0.257. The summed E-state index contributed by atoms with van der Waals surface area (Å²) in [5.74, 6) is -0.512. The third-order valence-corrected chi connectivity index (χ3v) is 3.76. The Bertz CT molecular complexity index is 481. The number of piperidine rings is 1. The van der Waals surface area contributed by atoms with Crippen molar-refractivity contribution in [1.29, 1.82) is 0 Å². The molecule has 20 heavy (non-hydrogen) atoms. The zero-order valence-corrected chi connectivity index (χ0v) is 12.3. The second-order valence-electron chi connectivity index (χ2n) is 5.06. The number of ether oxygens (including phenoxy) is 1. The highest BCUT2D eigenvalue weighted by Crippen LogP contribution is 2.22. The van der Waals surface area contributed by atoms with E-state index in [4.69, 9.17) is 16.3 Å². The minimum absolute atomic E-state index is 0.106. The van der Waals surface area contributed by atoms with E-state index in [-0.39, 0.29) is 17.7 Å². The molecule has 0 radical (unpaired) electrons. The molecule has 1 aromatic carbocycles. The number of hydrogen-bond acceptors (Lipinski definition) is 3. The van der Waals surface area contributed by atoms with Gasteiger partial charge in [-0.05, 0) is 44.5 Å². The third-order valence-electron chi connectivity index (χ3n) is 3.53. The molecule has 1 heterocycles. The highest BCUT2D eigenvalue weighted by atomic mass is 35.5. The maximum absolute atomic E-state index is 13.7. The minimum Gasteiger partial charge on any atom is -0.466 e. The first kappa shape index (κ1) is 15.3. The summed E-state index contributed by atoms with van der Waals surface area (Å²) in [7, 11) is 0. The van der Waals surface area contributed by atoms with E-state index in [0.717, 1.165) is 19.4 Å². The number of likely N-dealkylation sites (tertiary alicyclic amines) is 1.